The zero-order valence-corrected chi connectivity index (χ0v) is 15.1. The number of methoxy groups -OCH3 is 1. The number of carbonyl (C=O) groups is 2. The first-order valence-corrected chi connectivity index (χ1v) is 8.39. The van der Waals surface area contributed by atoms with Crippen LogP contribution < -0.4 is 14.8 Å². The SMILES string of the molecule is COc1ccccc1OCC(=O)OCC(=O)NCCc1cccc(Cl)c1. The second-order valence-corrected chi connectivity index (χ2v) is 5.77. The Bertz CT molecular complexity index is 750. The van der Waals surface area contributed by atoms with Crippen molar-refractivity contribution in [2.45, 2.75) is 6.42 Å². The van der Waals surface area contributed by atoms with Gasteiger partial charge < -0.3 is 19.5 Å². The lowest BCUT2D eigenvalue weighted by Gasteiger charge is -2.10. The van der Waals surface area contributed by atoms with Gasteiger partial charge in [0, 0.05) is 11.6 Å². The third-order valence-corrected chi connectivity index (χ3v) is 3.64. The van der Waals surface area contributed by atoms with E-state index in [4.69, 9.17) is 25.8 Å². The molecule has 6 nitrogen and oxygen atoms in total. The van der Waals surface area contributed by atoms with Crippen molar-refractivity contribution in [3.8, 4) is 11.5 Å². The van der Waals surface area contributed by atoms with Crippen LogP contribution in [-0.2, 0) is 20.7 Å². The molecule has 0 aliphatic heterocycles. The quantitative estimate of drug-likeness (QED) is 0.680. The fourth-order valence-corrected chi connectivity index (χ4v) is 2.37. The first-order valence-electron chi connectivity index (χ1n) is 8.01. The van der Waals surface area contributed by atoms with E-state index in [1.165, 1.54) is 7.11 Å². The molecule has 0 aromatic heterocycles. The standard InChI is InChI=1S/C19H20ClNO5/c1-24-16-7-2-3-8-17(16)25-13-19(23)26-12-18(22)21-10-9-14-5-4-6-15(20)11-14/h2-8,11H,9-10,12-13H2,1H3,(H,21,22). The van der Waals surface area contributed by atoms with Crippen LogP contribution in [-0.4, -0.2) is 38.7 Å². The van der Waals surface area contributed by atoms with E-state index in [-0.39, 0.29) is 19.1 Å². The van der Waals surface area contributed by atoms with E-state index >= 15 is 0 Å². The molecule has 1 N–H and O–H groups in total. The molecular formula is C19H20ClNO5. The molecule has 2 aromatic carbocycles. The number of benzene rings is 2. The fourth-order valence-electron chi connectivity index (χ4n) is 2.15. The summed E-state index contributed by atoms with van der Waals surface area (Å²) in [6.45, 7) is -0.242. The second-order valence-electron chi connectivity index (χ2n) is 5.33. The first-order chi connectivity index (χ1) is 12.6. The summed E-state index contributed by atoms with van der Waals surface area (Å²) < 4.78 is 15.3. The lowest BCUT2D eigenvalue weighted by atomic mass is 10.1. The van der Waals surface area contributed by atoms with Crippen molar-refractivity contribution in [1.82, 2.24) is 5.32 Å². The van der Waals surface area contributed by atoms with Crippen LogP contribution in [0.15, 0.2) is 48.5 Å². The Labute approximate surface area is 157 Å². The zero-order chi connectivity index (χ0) is 18.8. The maximum atomic E-state index is 11.7. The molecule has 0 saturated carbocycles. The van der Waals surface area contributed by atoms with Crippen LogP contribution >= 0.6 is 11.6 Å². The predicted octanol–water partition coefficient (Wildman–Crippen LogP) is 2.63. The van der Waals surface area contributed by atoms with Crippen molar-refractivity contribution in [3.05, 3.63) is 59.1 Å². The molecule has 0 atom stereocenters. The number of ether oxygens (including phenoxy) is 3. The summed E-state index contributed by atoms with van der Waals surface area (Å²) in [5.74, 6) is -0.0736. The monoisotopic (exact) mass is 377 g/mol. The molecule has 2 rings (SSSR count). The number of amides is 1. The van der Waals surface area contributed by atoms with Gasteiger partial charge in [-0.15, -0.1) is 0 Å². The molecule has 7 heteroatoms. The van der Waals surface area contributed by atoms with Gasteiger partial charge in [-0.3, -0.25) is 4.79 Å². The van der Waals surface area contributed by atoms with Crippen LogP contribution in [0.3, 0.4) is 0 Å². The lowest BCUT2D eigenvalue weighted by molar-refractivity contribution is -0.150. The van der Waals surface area contributed by atoms with Gasteiger partial charge in [0.1, 0.15) is 0 Å². The fraction of sp³-hybridized carbons (Fsp3) is 0.263. The number of para-hydroxylation sites is 2. The summed E-state index contributed by atoms with van der Waals surface area (Å²) in [6, 6.07) is 14.3. The van der Waals surface area contributed by atoms with Crippen LogP contribution in [0.2, 0.25) is 5.02 Å². The highest BCUT2D eigenvalue weighted by Crippen LogP contribution is 2.25. The molecule has 0 unspecified atom stereocenters. The molecule has 0 fully saturated rings. The van der Waals surface area contributed by atoms with E-state index < -0.39 is 5.97 Å². The van der Waals surface area contributed by atoms with E-state index in [9.17, 15) is 9.59 Å². The average Bonchev–Trinajstić information content (AvgIpc) is 2.65. The summed E-state index contributed by atoms with van der Waals surface area (Å²) >= 11 is 5.90. The van der Waals surface area contributed by atoms with Crippen molar-refractivity contribution in [2.24, 2.45) is 0 Å². The van der Waals surface area contributed by atoms with E-state index in [0.29, 0.717) is 29.5 Å². The van der Waals surface area contributed by atoms with Gasteiger partial charge in [-0.1, -0.05) is 35.9 Å². The maximum absolute atomic E-state index is 11.7. The van der Waals surface area contributed by atoms with Gasteiger partial charge in [-0.2, -0.15) is 0 Å². The summed E-state index contributed by atoms with van der Waals surface area (Å²) in [5.41, 5.74) is 1.01. The van der Waals surface area contributed by atoms with Crippen LogP contribution in [0.4, 0.5) is 0 Å². The van der Waals surface area contributed by atoms with Gasteiger partial charge in [-0.25, -0.2) is 4.79 Å². The van der Waals surface area contributed by atoms with E-state index in [0.717, 1.165) is 5.56 Å². The molecule has 1 amide bonds. The van der Waals surface area contributed by atoms with Crippen LogP contribution in [0.5, 0.6) is 11.5 Å². The number of esters is 1. The van der Waals surface area contributed by atoms with Crippen molar-refractivity contribution in [3.63, 3.8) is 0 Å². The Kier molecular flexibility index (Phi) is 7.76. The molecular weight excluding hydrogens is 358 g/mol. The minimum absolute atomic E-state index is 0.309. The molecule has 0 heterocycles. The van der Waals surface area contributed by atoms with Crippen molar-refractivity contribution in [1.29, 1.82) is 0 Å². The van der Waals surface area contributed by atoms with Crippen LogP contribution in [0.25, 0.3) is 0 Å². The number of rotatable bonds is 9. The Balaban J connectivity index is 1.64. The normalized spacial score (nSPS) is 10.1. The second kappa shape index (κ2) is 10.3. The molecule has 0 spiro atoms. The smallest absolute Gasteiger partial charge is 0.344 e. The van der Waals surface area contributed by atoms with E-state index in [2.05, 4.69) is 5.32 Å². The largest absolute Gasteiger partial charge is 0.493 e. The molecule has 138 valence electrons. The number of hydrogen-bond acceptors (Lipinski definition) is 5. The first kappa shape index (κ1) is 19.6. The minimum Gasteiger partial charge on any atom is -0.493 e. The minimum atomic E-state index is -0.638. The summed E-state index contributed by atoms with van der Waals surface area (Å²) in [7, 11) is 1.51. The van der Waals surface area contributed by atoms with Crippen LogP contribution in [0, 0.1) is 0 Å². The van der Waals surface area contributed by atoms with Gasteiger partial charge in [0.15, 0.2) is 24.7 Å². The predicted molar refractivity (Wildman–Crippen MR) is 97.6 cm³/mol. The van der Waals surface area contributed by atoms with Crippen molar-refractivity contribution in [2.75, 3.05) is 26.9 Å². The van der Waals surface area contributed by atoms with Gasteiger partial charge in [0.2, 0.25) is 0 Å². The molecule has 0 saturated heterocycles. The van der Waals surface area contributed by atoms with Gasteiger partial charge in [0.05, 0.1) is 7.11 Å². The Hall–Kier alpha value is -2.73. The molecule has 0 bridgehead atoms. The third-order valence-electron chi connectivity index (χ3n) is 3.40. The molecule has 26 heavy (non-hydrogen) atoms. The van der Waals surface area contributed by atoms with Gasteiger partial charge in [-0.05, 0) is 36.2 Å². The molecule has 0 aliphatic carbocycles. The van der Waals surface area contributed by atoms with E-state index in [1.807, 2.05) is 18.2 Å². The van der Waals surface area contributed by atoms with E-state index in [1.54, 1.807) is 30.3 Å². The Morgan fingerprint density at radius 1 is 1.04 bits per heavy atom. The number of carbonyl (C=O) groups excluding carboxylic acids is 2. The summed E-state index contributed by atoms with van der Waals surface area (Å²) in [4.78, 5) is 23.4. The average molecular weight is 378 g/mol. The molecule has 0 radical (unpaired) electrons. The highest BCUT2D eigenvalue weighted by Gasteiger charge is 2.10. The zero-order valence-electron chi connectivity index (χ0n) is 14.4. The van der Waals surface area contributed by atoms with Gasteiger partial charge >= 0.3 is 5.97 Å². The molecule has 0 aliphatic rings. The summed E-state index contributed by atoms with van der Waals surface area (Å²) in [5, 5.41) is 3.33. The number of halogens is 1. The molecule has 2 aromatic rings. The summed E-state index contributed by atoms with van der Waals surface area (Å²) in [6.07, 6.45) is 0.636. The Morgan fingerprint density at radius 2 is 1.81 bits per heavy atom. The van der Waals surface area contributed by atoms with Crippen LogP contribution in [0.1, 0.15) is 5.56 Å². The number of hydrogen-bond donors (Lipinski definition) is 1. The number of nitrogens with one attached hydrogen (secondary N) is 1. The maximum Gasteiger partial charge on any atom is 0.344 e. The lowest BCUT2D eigenvalue weighted by Crippen LogP contribution is -2.31. The third kappa shape index (κ3) is 6.64. The highest BCUT2D eigenvalue weighted by atomic mass is 35.5. The topological polar surface area (TPSA) is 73.9 Å². The van der Waals surface area contributed by atoms with Gasteiger partial charge in [0.25, 0.3) is 5.91 Å². The van der Waals surface area contributed by atoms with Crippen molar-refractivity contribution < 1.29 is 23.8 Å². The highest BCUT2D eigenvalue weighted by molar-refractivity contribution is 6.30. The van der Waals surface area contributed by atoms with Crippen molar-refractivity contribution >= 4 is 23.5 Å². The Morgan fingerprint density at radius 3 is 2.54 bits per heavy atom.